The number of aryl methyl sites for hydroxylation is 3. The molecule has 2 N–H and O–H groups in total. The fraction of sp³-hybridized carbons (Fsp3) is 0.333. The summed E-state index contributed by atoms with van der Waals surface area (Å²) in [6, 6.07) is 12.9. The minimum atomic E-state index is 0.590. The van der Waals surface area contributed by atoms with Crippen LogP contribution in [0.25, 0.3) is 0 Å². The van der Waals surface area contributed by atoms with Gasteiger partial charge < -0.3 is 5.73 Å². The molecule has 0 saturated carbocycles. The molecule has 0 radical (unpaired) electrons. The van der Waals surface area contributed by atoms with Gasteiger partial charge >= 0.3 is 0 Å². The number of rotatable bonds is 3. The third kappa shape index (κ3) is 4.12. The highest BCUT2D eigenvalue weighted by Gasteiger charge is 2.06. The summed E-state index contributed by atoms with van der Waals surface area (Å²) in [4.78, 5) is 2.57. The van der Waals surface area contributed by atoms with Gasteiger partial charge in [-0.1, -0.05) is 49.9 Å². The fourth-order valence-electron chi connectivity index (χ4n) is 1.93. The van der Waals surface area contributed by atoms with E-state index in [1.807, 2.05) is 31.7 Å². The Kier molecular flexibility index (Phi) is 6.83. The summed E-state index contributed by atoms with van der Waals surface area (Å²) >= 11 is 1.81. The molecule has 2 rings (SSSR count). The molecule has 0 saturated heterocycles. The van der Waals surface area contributed by atoms with Crippen molar-refractivity contribution in [1.29, 1.82) is 0 Å². The number of hydrogen-bond acceptors (Lipinski definition) is 2. The molecule has 0 aliphatic carbocycles. The monoisotopic (exact) mass is 287 g/mol. The zero-order chi connectivity index (χ0) is 15.1. The first kappa shape index (κ1) is 16.8. The summed E-state index contributed by atoms with van der Waals surface area (Å²) in [6.07, 6.45) is 0. The van der Waals surface area contributed by atoms with Gasteiger partial charge in [0, 0.05) is 16.3 Å². The van der Waals surface area contributed by atoms with Crippen LogP contribution >= 0.6 is 11.8 Å². The predicted octanol–water partition coefficient (Wildman–Crippen LogP) is 5.25. The van der Waals surface area contributed by atoms with Crippen LogP contribution in [0.5, 0.6) is 0 Å². The Hall–Kier alpha value is -1.25. The molecule has 20 heavy (non-hydrogen) atoms. The summed E-state index contributed by atoms with van der Waals surface area (Å²) in [5.74, 6) is 0. The van der Waals surface area contributed by atoms with Crippen molar-refractivity contribution in [3.63, 3.8) is 0 Å². The maximum absolute atomic E-state index is 5.78. The summed E-state index contributed by atoms with van der Waals surface area (Å²) in [5.41, 5.74) is 11.0. The Balaban J connectivity index is 0.000000956. The van der Waals surface area contributed by atoms with Gasteiger partial charge in [-0.05, 0) is 55.2 Å². The minimum Gasteiger partial charge on any atom is -0.326 e. The fourth-order valence-corrected chi connectivity index (χ4v) is 3.06. The summed E-state index contributed by atoms with van der Waals surface area (Å²) < 4.78 is 0. The lowest BCUT2D eigenvalue weighted by Crippen LogP contribution is -1.98. The first-order valence-corrected chi connectivity index (χ1v) is 7.97. The molecular weight excluding hydrogens is 262 g/mol. The van der Waals surface area contributed by atoms with Crippen molar-refractivity contribution in [2.24, 2.45) is 5.73 Å². The molecule has 0 spiro atoms. The molecule has 0 aromatic heterocycles. The van der Waals surface area contributed by atoms with Gasteiger partial charge in [-0.25, -0.2) is 0 Å². The number of benzene rings is 2. The molecule has 2 aromatic carbocycles. The lowest BCUT2D eigenvalue weighted by Gasteiger charge is -2.11. The van der Waals surface area contributed by atoms with E-state index in [0.717, 1.165) is 0 Å². The van der Waals surface area contributed by atoms with Crippen LogP contribution < -0.4 is 5.73 Å². The lowest BCUT2D eigenvalue weighted by molar-refractivity contribution is 1.03. The molecule has 108 valence electrons. The second-order valence-corrected chi connectivity index (χ2v) is 5.70. The maximum Gasteiger partial charge on any atom is 0.0189 e. The van der Waals surface area contributed by atoms with Crippen LogP contribution in [0, 0.1) is 20.8 Å². The molecule has 0 unspecified atom stereocenters. The molecule has 0 heterocycles. The van der Waals surface area contributed by atoms with E-state index in [4.69, 9.17) is 5.73 Å². The van der Waals surface area contributed by atoms with E-state index in [-0.39, 0.29) is 0 Å². The SMILES string of the molecule is CC.Cc1cc(C)c(Sc2ccccc2CN)cc1C. The van der Waals surface area contributed by atoms with Gasteiger partial charge in [0.1, 0.15) is 0 Å². The van der Waals surface area contributed by atoms with Crippen LogP contribution in [0.3, 0.4) is 0 Å². The van der Waals surface area contributed by atoms with Crippen molar-refractivity contribution < 1.29 is 0 Å². The standard InChI is InChI=1S/C16H19NS.C2H6/c1-11-8-13(3)16(9-12(11)2)18-15-7-5-4-6-14(15)10-17;1-2/h4-9H,10,17H2,1-3H3;1-2H3. The van der Waals surface area contributed by atoms with Gasteiger partial charge in [0.25, 0.3) is 0 Å². The molecule has 0 bridgehead atoms. The van der Waals surface area contributed by atoms with Gasteiger partial charge in [-0.2, -0.15) is 0 Å². The van der Waals surface area contributed by atoms with E-state index in [0.29, 0.717) is 6.54 Å². The Bertz CT molecular complexity index is 561. The molecule has 0 amide bonds. The van der Waals surface area contributed by atoms with Crippen molar-refractivity contribution in [2.75, 3.05) is 0 Å². The zero-order valence-corrected chi connectivity index (χ0v) is 14.0. The average molecular weight is 287 g/mol. The van der Waals surface area contributed by atoms with Crippen LogP contribution in [-0.2, 0) is 6.54 Å². The zero-order valence-electron chi connectivity index (χ0n) is 13.2. The molecular formula is C18H25NS. The van der Waals surface area contributed by atoms with Crippen molar-refractivity contribution in [1.82, 2.24) is 0 Å². The highest BCUT2D eigenvalue weighted by molar-refractivity contribution is 7.99. The van der Waals surface area contributed by atoms with Gasteiger partial charge in [0.15, 0.2) is 0 Å². The Labute approximate surface area is 127 Å². The molecule has 1 nitrogen and oxygen atoms in total. The largest absolute Gasteiger partial charge is 0.326 e. The topological polar surface area (TPSA) is 26.0 Å². The Morgan fingerprint density at radius 1 is 0.850 bits per heavy atom. The third-order valence-corrected chi connectivity index (χ3v) is 4.48. The smallest absolute Gasteiger partial charge is 0.0189 e. The van der Waals surface area contributed by atoms with Crippen LogP contribution in [-0.4, -0.2) is 0 Å². The van der Waals surface area contributed by atoms with Gasteiger partial charge in [0.05, 0.1) is 0 Å². The van der Waals surface area contributed by atoms with E-state index in [2.05, 4.69) is 51.1 Å². The van der Waals surface area contributed by atoms with Crippen LogP contribution in [0.2, 0.25) is 0 Å². The first-order chi connectivity index (χ1) is 9.61. The third-order valence-electron chi connectivity index (χ3n) is 3.20. The Morgan fingerprint density at radius 2 is 1.45 bits per heavy atom. The van der Waals surface area contributed by atoms with Crippen LogP contribution in [0.1, 0.15) is 36.1 Å². The molecule has 0 aliphatic heterocycles. The van der Waals surface area contributed by atoms with Crippen LogP contribution in [0.4, 0.5) is 0 Å². The lowest BCUT2D eigenvalue weighted by atomic mass is 10.1. The molecule has 0 fully saturated rings. The normalized spacial score (nSPS) is 9.90. The van der Waals surface area contributed by atoms with Crippen molar-refractivity contribution in [2.45, 2.75) is 51.0 Å². The van der Waals surface area contributed by atoms with Crippen molar-refractivity contribution in [3.8, 4) is 0 Å². The second kappa shape index (κ2) is 8.13. The quantitative estimate of drug-likeness (QED) is 0.834. The van der Waals surface area contributed by atoms with Crippen molar-refractivity contribution in [3.05, 3.63) is 58.7 Å². The highest BCUT2D eigenvalue weighted by atomic mass is 32.2. The average Bonchev–Trinajstić information content (AvgIpc) is 2.47. The number of hydrogen-bond donors (Lipinski definition) is 1. The van der Waals surface area contributed by atoms with E-state index < -0.39 is 0 Å². The summed E-state index contributed by atoms with van der Waals surface area (Å²) in [5, 5.41) is 0. The van der Waals surface area contributed by atoms with Gasteiger partial charge in [-0.15, -0.1) is 0 Å². The number of nitrogens with two attached hydrogens (primary N) is 1. The van der Waals surface area contributed by atoms with Crippen LogP contribution in [0.15, 0.2) is 46.2 Å². The molecule has 0 aliphatic rings. The second-order valence-electron chi connectivity index (χ2n) is 4.62. The van der Waals surface area contributed by atoms with Gasteiger partial charge in [-0.3, -0.25) is 0 Å². The van der Waals surface area contributed by atoms with E-state index >= 15 is 0 Å². The minimum absolute atomic E-state index is 0.590. The van der Waals surface area contributed by atoms with E-state index in [1.165, 1.54) is 32.0 Å². The Morgan fingerprint density at radius 3 is 2.10 bits per heavy atom. The molecule has 2 heteroatoms. The first-order valence-electron chi connectivity index (χ1n) is 7.15. The molecule has 0 atom stereocenters. The molecule has 2 aromatic rings. The van der Waals surface area contributed by atoms with Gasteiger partial charge in [0.2, 0.25) is 0 Å². The predicted molar refractivity (Wildman–Crippen MR) is 90.5 cm³/mol. The van der Waals surface area contributed by atoms with E-state index in [1.54, 1.807) is 0 Å². The van der Waals surface area contributed by atoms with Crippen molar-refractivity contribution >= 4 is 11.8 Å². The maximum atomic E-state index is 5.78. The van der Waals surface area contributed by atoms with E-state index in [9.17, 15) is 0 Å². The summed E-state index contributed by atoms with van der Waals surface area (Å²) in [6.45, 7) is 11.1. The highest BCUT2D eigenvalue weighted by Crippen LogP contribution is 2.33. The summed E-state index contributed by atoms with van der Waals surface area (Å²) in [7, 11) is 0.